The summed E-state index contributed by atoms with van der Waals surface area (Å²) in [5.41, 5.74) is 9.54. The molecule has 2 aromatic rings. The van der Waals surface area contributed by atoms with Crippen molar-refractivity contribution in [1.29, 1.82) is 0 Å². The van der Waals surface area contributed by atoms with Crippen LogP contribution < -0.4 is 15.8 Å². The number of nitrogens with two attached hydrogens (primary N) is 1. The number of carbonyl (C=O) groups is 1. The zero-order chi connectivity index (χ0) is 21.8. The van der Waals surface area contributed by atoms with E-state index >= 15 is 0 Å². The first kappa shape index (κ1) is 22.1. The van der Waals surface area contributed by atoms with Crippen molar-refractivity contribution >= 4 is 11.6 Å². The molecule has 0 saturated carbocycles. The summed E-state index contributed by atoms with van der Waals surface area (Å²) in [4.78, 5) is 11.5. The molecule has 1 aliphatic heterocycles. The van der Waals surface area contributed by atoms with Crippen molar-refractivity contribution in [2.45, 2.75) is 57.1 Å². The second-order valence-electron chi connectivity index (χ2n) is 7.69. The number of hydrogen-bond acceptors (Lipinski definition) is 6. The Kier molecular flexibility index (Phi) is 6.97. The van der Waals surface area contributed by atoms with Gasteiger partial charge in [-0.1, -0.05) is 31.2 Å². The molecule has 5 atom stereocenters. The lowest BCUT2D eigenvalue weighted by molar-refractivity contribution is -0.189. The first-order valence-corrected chi connectivity index (χ1v) is 10.1. The van der Waals surface area contributed by atoms with Gasteiger partial charge >= 0.3 is 0 Å². The molecule has 162 valence electrons. The van der Waals surface area contributed by atoms with E-state index in [9.17, 15) is 15.0 Å². The normalized spacial score (nSPS) is 26.2. The lowest BCUT2D eigenvalue weighted by Gasteiger charge is -2.43. The van der Waals surface area contributed by atoms with Gasteiger partial charge in [0, 0.05) is 12.6 Å². The predicted molar refractivity (Wildman–Crippen MR) is 114 cm³/mol. The Labute approximate surface area is 176 Å². The Morgan fingerprint density at radius 1 is 1.17 bits per heavy atom. The summed E-state index contributed by atoms with van der Waals surface area (Å²) in [7, 11) is 1.63. The van der Waals surface area contributed by atoms with Gasteiger partial charge in [-0.05, 0) is 47.7 Å². The minimum absolute atomic E-state index is 0.277. The van der Waals surface area contributed by atoms with Crippen LogP contribution >= 0.6 is 0 Å². The highest BCUT2D eigenvalue weighted by molar-refractivity contribution is 5.73. The molecule has 7 nitrogen and oxygen atoms in total. The second-order valence-corrected chi connectivity index (χ2v) is 7.69. The van der Waals surface area contributed by atoms with Crippen molar-refractivity contribution in [2.24, 2.45) is 0 Å². The van der Waals surface area contributed by atoms with Gasteiger partial charge in [0.1, 0.15) is 24.1 Å². The summed E-state index contributed by atoms with van der Waals surface area (Å²) in [5, 5.41) is 24.1. The Balaban J connectivity index is 1.84. The second kappa shape index (κ2) is 9.47. The molecule has 1 fully saturated rings. The molecule has 1 amide bonds. The van der Waals surface area contributed by atoms with Crippen LogP contribution in [-0.2, 0) is 16.0 Å². The molecule has 0 radical (unpaired) electrons. The Morgan fingerprint density at radius 3 is 2.47 bits per heavy atom. The number of carbonyl (C=O) groups excluding carboxylic acids is 1. The average Bonchev–Trinajstić information content (AvgIpc) is 2.74. The van der Waals surface area contributed by atoms with Crippen molar-refractivity contribution in [3.05, 3.63) is 59.2 Å². The zero-order valence-electron chi connectivity index (χ0n) is 17.5. The first-order valence-electron chi connectivity index (χ1n) is 10.1. The van der Waals surface area contributed by atoms with Crippen LogP contribution in [0, 0.1) is 0 Å². The third kappa shape index (κ3) is 4.75. The maximum Gasteiger partial charge on any atom is 0.217 e. The molecule has 0 bridgehead atoms. The number of methoxy groups -OCH3 is 1. The van der Waals surface area contributed by atoms with Gasteiger partial charge in [0.05, 0.1) is 19.3 Å². The van der Waals surface area contributed by atoms with Crippen LogP contribution in [0.2, 0.25) is 0 Å². The topological polar surface area (TPSA) is 114 Å². The van der Waals surface area contributed by atoms with Crippen molar-refractivity contribution in [3.8, 4) is 5.75 Å². The number of nitrogen functional groups attached to an aromatic ring is 1. The van der Waals surface area contributed by atoms with Gasteiger partial charge in [-0.3, -0.25) is 4.79 Å². The summed E-state index contributed by atoms with van der Waals surface area (Å²) in [6, 6.07) is 12.6. The minimum atomic E-state index is -1.18. The molecule has 0 spiro atoms. The molecule has 1 saturated heterocycles. The number of amides is 1. The Hall–Kier alpha value is -2.61. The molecule has 2 aromatic carbocycles. The minimum Gasteiger partial charge on any atom is -0.497 e. The third-order valence-electron chi connectivity index (χ3n) is 5.57. The van der Waals surface area contributed by atoms with Gasteiger partial charge in [0.2, 0.25) is 5.91 Å². The number of hydrogen-bond donors (Lipinski definition) is 4. The third-order valence-corrected chi connectivity index (χ3v) is 5.57. The quantitative estimate of drug-likeness (QED) is 0.537. The number of nitrogens with one attached hydrogen (secondary N) is 1. The number of ether oxygens (including phenoxy) is 2. The number of aliphatic hydroxyl groups is 2. The van der Waals surface area contributed by atoms with E-state index in [2.05, 4.69) is 5.32 Å². The summed E-state index contributed by atoms with van der Waals surface area (Å²) < 4.78 is 11.3. The van der Waals surface area contributed by atoms with Gasteiger partial charge in [-0.15, -0.1) is 0 Å². The van der Waals surface area contributed by atoms with E-state index in [1.807, 2.05) is 37.3 Å². The fourth-order valence-electron chi connectivity index (χ4n) is 3.92. The van der Waals surface area contributed by atoms with Gasteiger partial charge in [-0.2, -0.15) is 0 Å². The molecule has 1 aliphatic rings. The Morgan fingerprint density at radius 2 is 1.87 bits per heavy atom. The van der Waals surface area contributed by atoms with Crippen LogP contribution in [0.4, 0.5) is 5.69 Å². The lowest BCUT2D eigenvalue weighted by Crippen LogP contribution is -2.60. The van der Waals surface area contributed by atoms with Gasteiger partial charge in [0.25, 0.3) is 0 Å². The molecule has 0 aromatic heterocycles. The average molecular weight is 415 g/mol. The smallest absolute Gasteiger partial charge is 0.217 e. The summed E-state index contributed by atoms with van der Waals surface area (Å²) >= 11 is 0. The molecule has 3 rings (SSSR count). The highest BCUT2D eigenvalue weighted by Crippen LogP contribution is 2.35. The van der Waals surface area contributed by atoms with Crippen LogP contribution in [0.1, 0.15) is 43.1 Å². The molecular formula is C23H30N2O5. The largest absolute Gasteiger partial charge is 0.497 e. The lowest BCUT2D eigenvalue weighted by atomic mass is 9.87. The number of aliphatic hydroxyl groups excluding tert-OH is 2. The highest BCUT2D eigenvalue weighted by atomic mass is 16.5. The van der Waals surface area contributed by atoms with Crippen LogP contribution in [0.5, 0.6) is 5.75 Å². The van der Waals surface area contributed by atoms with Crippen LogP contribution in [0.3, 0.4) is 0 Å². The fourth-order valence-corrected chi connectivity index (χ4v) is 3.92. The van der Waals surface area contributed by atoms with Crippen molar-refractivity contribution in [3.63, 3.8) is 0 Å². The summed E-state index contributed by atoms with van der Waals surface area (Å²) in [6.45, 7) is 3.29. The maximum absolute atomic E-state index is 11.5. The van der Waals surface area contributed by atoms with Gasteiger partial charge in [0.15, 0.2) is 0 Å². The molecule has 0 unspecified atom stereocenters. The number of rotatable bonds is 6. The van der Waals surface area contributed by atoms with Crippen LogP contribution in [-0.4, -0.2) is 47.6 Å². The number of benzene rings is 2. The molecular weight excluding hydrogens is 384 g/mol. The standard InChI is InChI=1S/C23H30N2O5/c1-4-19-20(25-13(2)26)21(27)22(28)23(30-19)15-7-10-18(24)16(12-15)11-14-5-8-17(29-3)9-6-14/h5-10,12,19-23,27-28H,4,11,24H2,1-3H3,(H,25,26)/t19-,20-,21+,22-,23+/m1/s1. The summed E-state index contributed by atoms with van der Waals surface area (Å²) in [6.07, 6.45) is -2.26. The van der Waals surface area contributed by atoms with E-state index in [-0.39, 0.29) is 5.91 Å². The predicted octanol–water partition coefficient (Wildman–Crippen LogP) is 1.94. The van der Waals surface area contributed by atoms with E-state index < -0.39 is 30.5 Å². The van der Waals surface area contributed by atoms with Crippen molar-refractivity contribution in [2.75, 3.05) is 12.8 Å². The van der Waals surface area contributed by atoms with E-state index in [1.165, 1.54) is 6.92 Å². The van der Waals surface area contributed by atoms with E-state index in [1.54, 1.807) is 19.2 Å². The Bertz CT molecular complexity index is 868. The molecule has 7 heteroatoms. The van der Waals surface area contributed by atoms with Gasteiger partial charge in [-0.25, -0.2) is 0 Å². The monoisotopic (exact) mass is 414 g/mol. The summed E-state index contributed by atoms with van der Waals surface area (Å²) in [5.74, 6) is 0.508. The van der Waals surface area contributed by atoms with Crippen molar-refractivity contribution in [1.82, 2.24) is 5.32 Å². The maximum atomic E-state index is 11.5. The molecule has 5 N–H and O–H groups in total. The molecule has 30 heavy (non-hydrogen) atoms. The zero-order valence-corrected chi connectivity index (χ0v) is 17.5. The van der Waals surface area contributed by atoms with Gasteiger partial charge < -0.3 is 30.7 Å². The van der Waals surface area contributed by atoms with E-state index in [4.69, 9.17) is 15.2 Å². The molecule has 1 heterocycles. The number of anilines is 1. The van der Waals surface area contributed by atoms with Crippen molar-refractivity contribution < 1.29 is 24.5 Å². The van der Waals surface area contributed by atoms with E-state index in [0.29, 0.717) is 18.5 Å². The van der Waals surface area contributed by atoms with E-state index in [0.717, 1.165) is 22.4 Å². The highest BCUT2D eigenvalue weighted by Gasteiger charge is 2.44. The first-order chi connectivity index (χ1) is 14.3. The molecule has 0 aliphatic carbocycles. The fraction of sp³-hybridized carbons (Fsp3) is 0.435. The SMILES string of the molecule is CC[C@H]1O[C@@H](c2ccc(N)c(Cc3ccc(OC)cc3)c2)[C@H](O)[C@@H](O)[C@@H]1NC(C)=O. The van der Waals surface area contributed by atoms with Crippen LogP contribution in [0.25, 0.3) is 0 Å². The van der Waals surface area contributed by atoms with Crippen LogP contribution in [0.15, 0.2) is 42.5 Å².